The van der Waals surface area contributed by atoms with Crippen LogP contribution in [-0.2, 0) is 19.5 Å². The molecule has 0 aliphatic carbocycles. The number of nitrogens with zero attached hydrogens (tertiary/aromatic N) is 6. The van der Waals surface area contributed by atoms with Gasteiger partial charge in [0.15, 0.2) is 5.96 Å². The van der Waals surface area contributed by atoms with Crippen LogP contribution in [0.25, 0.3) is 0 Å². The Labute approximate surface area is 205 Å². The summed E-state index contributed by atoms with van der Waals surface area (Å²) in [6.45, 7) is 7.92. The predicted octanol–water partition coefficient (Wildman–Crippen LogP) is 2.32. The summed E-state index contributed by atoms with van der Waals surface area (Å²) in [6, 6.07) is 6.94. The van der Waals surface area contributed by atoms with Crippen molar-refractivity contribution >= 4 is 35.6 Å². The van der Waals surface area contributed by atoms with Crippen molar-refractivity contribution in [2.45, 2.75) is 45.7 Å². The molecule has 32 heavy (non-hydrogen) atoms. The van der Waals surface area contributed by atoms with Crippen LogP contribution in [0.4, 0.5) is 10.1 Å². The van der Waals surface area contributed by atoms with Crippen molar-refractivity contribution < 1.29 is 4.39 Å². The van der Waals surface area contributed by atoms with Gasteiger partial charge in [0, 0.05) is 58.8 Å². The van der Waals surface area contributed by atoms with Crippen molar-refractivity contribution in [1.82, 2.24) is 24.6 Å². The number of anilines is 1. The van der Waals surface area contributed by atoms with E-state index in [1.807, 2.05) is 16.7 Å². The number of piperazine rings is 1. The summed E-state index contributed by atoms with van der Waals surface area (Å²) < 4.78 is 17.5. The van der Waals surface area contributed by atoms with Gasteiger partial charge in [-0.2, -0.15) is 5.10 Å². The second-order valence-electron chi connectivity index (χ2n) is 8.05. The number of hydrogen-bond donors (Lipinski definition) is 1. The lowest BCUT2D eigenvalue weighted by molar-refractivity contribution is 0.370. The van der Waals surface area contributed by atoms with Crippen molar-refractivity contribution in [3.05, 3.63) is 46.4 Å². The largest absolute Gasteiger partial charge is 0.366 e. The molecule has 1 aromatic heterocycles. The standard InChI is InChI=1S/C22H32FN7O.HI/c1-2-24-21(28-16-14-27(15-17-28)19-9-4-3-8-18(19)23)25-11-7-13-30-22(31)29-12-6-5-10-20(29)26-30;/h3-4,8-9H,2,5-7,10-17H2,1H3,(H,24,25);1H. The molecule has 2 aliphatic rings. The molecule has 0 atom stereocenters. The summed E-state index contributed by atoms with van der Waals surface area (Å²) in [5.74, 6) is 1.63. The summed E-state index contributed by atoms with van der Waals surface area (Å²) in [7, 11) is 0. The van der Waals surface area contributed by atoms with Crippen LogP contribution in [-0.4, -0.2) is 64.5 Å². The van der Waals surface area contributed by atoms with Gasteiger partial charge in [0.25, 0.3) is 0 Å². The SMILES string of the molecule is CCNC(=NCCCn1nc2n(c1=O)CCCC2)N1CCN(c2ccccc2F)CC1.I. The van der Waals surface area contributed by atoms with Crippen LogP contribution in [0.2, 0.25) is 0 Å². The average molecular weight is 557 g/mol. The van der Waals surface area contributed by atoms with E-state index in [9.17, 15) is 9.18 Å². The fourth-order valence-corrected chi connectivity index (χ4v) is 4.29. The van der Waals surface area contributed by atoms with E-state index in [1.165, 1.54) is 6.07 Å². The number of fused-ring (bicyclic) bond motifs is 1. The molecule has 4 rings (SSSR count). The number of benzene rings is 1. The molecular formula is C22H33FIN7O. The van der Waals surface area contributed by atoms with Gasteiger partial charge < -0.3 is 15.1 Å². The third kappa shape index (κ3) is 5.62. The van der Waals surface area contributed by atoms with Crippen LogP contribution in [0.15, 0.2) is 34.1 Å². The molecule has 8 nitrogen and oxygen atoms in total. The Morgan fingerprint density at radius 1 is 1.16 bits per heavy atom. The van der Waals surface area contributed by atoms with Gasteiger partial charge in [0.2, 0.25) is 0 Å². The molecule has 0 bridgehead atoms. The molecule has 0 amide bonds. The zero-order valence-corrected chi connectivity index (χ0v) is 21.0. The lowest BCUT2D eigenvalue weighted by Crippen LogP contribution is -2.52. The minimum absolute atomic E-state index is 0. The lowest BCUT2D eigenvalue weighted by Gasteiger charge is -2.37. The normalized spacial score (nSPS) is 16.5. The van der Waals surface area contributed by atoms with Crippen molar-refractivity contribution in [3.63, 3.8) is 0 Å². The number of aromatic nitrogens is 3. The highest BCUT2D eigenvalue weighted by atomic mass is 127. The number of hydrogen-bond acceptors (Lipinski definition) is 4. The van der Waals surface area contributed by atoms with E-state index in [1.54, 1.807) is 10.7 Å². The Morgan fingerprint density at radius 3 is 2.66 bits per heavy atom. The second-order valence-corrected chi connectivity index (χ2v) is 8.05. The van der Waals surface area contributed by atoms with E-state index in [4.69, 9.17) is 4.99 Å². The average Bonchev–Trinajstić information content (AvgIpc) is 3.12. The number of para-hydroxylation sites is 1. The number of halogens is 2. The molecular weight excluding hydrogens is 524 g/mol. The molecule has 2 aromatic rings. The first-order chi connectivity index (χ1) is 15.2. The highest BCUT2D eigenvalue weighted by Crippen LogP contribution is 2.20. The Kier molecular flexibility index (Phi) is 8.94. The van der Waals surface area contributed by atoms with Crippen molar-refractivity contribution in [1.29, 1.82) is 0 Å². The quantitative estimate of drug-likeness (QED) is 0.256. The maximum absolute atomic E-state index is 14.1. The molecule has 1 N–H and O–H groups in total. The van der Waals surface area contributed by atoms with Gasteiger partial charge in [-0.25, -0.2) is 13.9 Å². The summed E-state index contributed by atoms with van der Waals surface area (Å²) in [4.78, 5) is 21.5. The number of aryl methyl sites for hydroxylation is 2. The minimum Gasteiger partial charge on any atom is -0.366 e. The van der Waals surface area contributed by atoms with E-state index < -0.39 is 0 Å². The molecule has 2 aliphatic heterocycles. The van der Waals surface area contributed by atoms with Gasteiger partial charge in [-0.15, -0.1) is 24.0 Å². The van der Waals surface area contributed by atoms with Gasteiger partial charge in [0.1, 0.15) is 11.6 Å². The first kappa shape index (κ1) is 24.5. The van der Waals surface area contributed by atoms with Crippen LogP contribution in [0.5, 0.6) is 0 Å². The molecule has 0 spiro atoms. The van der Waals surface area contributed by atoms with Crippen molar-refractivity contribution in [2.24, 2.45) is 4.99 Å². The molecule has 3 heterocycles. The maximum Gasteiger partial charge on any atom is 0.345 e. The van der Waals surface area contributed by atoms with Gasteiger partial charge in [-0.1, -0.05) is 12.1 Å². The summed E-state index contributed by atoms with van der Waals surface area (Å²) >= 11 is 0. The van der Waals surface area contributed by atoms with Crippen LogP contribution >= 0.6 is 24.0 Å². The van der Waals surface area contributed by atoms with Gasteiger partial charge in [-0.05, 0) is 38.3 Å². The van der Waals surface area contributed by atoms with Crippen LogP contribution in [0.1, 0.15) is 32.0 Å². The minimum atomic E-state index is -0.173. The van der Waals surface area contributed by atoms with Crippen LogP contribution < -0.4 is 15.9 Å². The Balaban J connectivity index is 0.00000289. The van der Waals surface area contributed by atoms with E-state index in [2.05, 4.69) is 27.1 Å². The van der Waals surface area contributed by atoms with Gasteiger partial charge >= 0.3 is 5.69 Å². The predicted molar refractivity (Wildman–Crippen MR) is 136 cm³/mol. The van der Waals surface area contributed by atoms with Crippen LogP contribution in [0, 0.1) is 5.82 Å². The summed E-state index contributed by atoms with van der Waals surface area (Å²) in [5.41, 5.74) is 0.673. The number of aliphatic imine (C=N–C) groups is 1. The smallest absolute Gasteiger partial charge is 0.345 e. The molecule has 0 unspecified atom stereocenters. The Morgan fingerprint density at radius 2 is 1.94 bits per heavy atom. The van der Waals surface area contributed by atoms with Crippen LogP contribution in [0.3, 0.4) is 0 Å². The van der Waals surface area contributed by atoms with E-state index in [-0.39, 0.29) is 35.5 Å². The lowest BCUT2D eigenvalue weighted by atomic mass is 10.2. The highest BCUT2D eigenvalue weighted by Gasteiger charge is 2.21. The zero-order chi connectivity index (χ0) is 21.6. The Hall–Kier alpha value is -2.11. The molecule has 1 saturated heterocycles. The van der Waals surface area contributed by atoms with Gasteiger partial charge in [0.05, 0.1) is 5.69 Å². The van der Waals surface area contributed by atoms with E-state index in [0.717, 1.165) is 76.7 Å². The first-order valence-corrected chi connectivity index (χ1v) is 11.4. The van der Waals surface area contributed by atoms with Crippen molar-refractivity contribution in [3.8, 4) is 0 Å². The molecule has 10 heteroatoms. The monoisotopic (exact) mass is 557 g/mol. The molecule has 0 radical (unpaired) electrons. The molecule has 176 valence electrons. The van der Waals surface area contributed by atoms with E-state index >= 15 is 0 Å². The van der Waals surface area contributed by atoms with E-state index in [0.29, 0.717) is 18.8 Å². The zero-order valence-electron chi connectivity index (χ0n) is 18.7. The molecule has 0 saturated carbocycles. The fraction of sp³-hybridized carbons (Fsp3) is 0.591. The van der Waals surface area contributed by atoms with Gasteiger partial charge in [-0.3, -0.25) is 9.56 Å². The third-order valence-corrected chi connectivity index (χ3v) is 5.93. The number of rotatable bonds is 6. The second kappa shape index (κ2) is 11.7. The highest BCUT2D eigenvalue weighted by molar-refractivity contribution is 14.0. The summed E-state index contributed by atoms with van der Waals surface area (Å²) in [5, 5.41) is 7.86. The molecule has 1 aromatic carbocycles. The number of guanidine groups is 1. The fourth-order valence-electron chi connectivity index (χ4n) is 4.29. The first-order valence-electron chi connectivity index (χ1n) is 11.4. The Bertz CT molecular complexity index is 965. The van der Waals surface area contributed by atoms with Crippen molar-refractivity contribution in [2.75, 3.05) is 44.2 Å². The molecule has 1 fully saturated rings. The number of nitrogens with one attached hydrogen (secondary N) is 1. The maximum atomic E-state index is 14.1. The third-order valence-electron chi connectivity index (χ3n) is 5.93. The topological polar surface area (TPSA) is 70.7 Å². The summed E-state index contributed by atoms with van der Waals surface area (Å²) in [6.07, 6.45) is 3.82.